The highest BCUT2D eigenvalue weighted by Crippen LogP contribution is 2.51. The van der Waals surface area contributed by atoms with Crippen LogP contribution in [0, 0.1) is 0 Å². The van der Waals surface area contributed by atoms with Crippen molar-refractivity contribution in [1.29, 1.82) is 0 Å². The maximum Gasteiger partial charge on any atom is 0.335 e. The predicted molar refractivity (Wildman–Crippen MR) is 70.4 cm³/mol. The van der Waals surface area contributed by atoms with Crippen LogP contribution >= 0.6 is 0 Å². The molecule has 0 aromatic rings. The summed E-state index contributed by atoms with van der Waals surface area (Å²) in [5.41, 5.74) is 0.223. The van der Waals surface area contributed by atoms with E-state index in [1.807, 2.05) is 0 Å². The molecule has 1 aliphatic carbocycles. The minimum atomic E-state index is -1.93. The summed E-state index contributed by atoms with van der Waals surface area (Å²) in [4.78, 5) is 0. The summed E-state index contributed by atoms with van der Waals surface area (Å²) >= 11 is 0. The second-order valence-corrected chi connectivity index (χ2v) is 8.76. The van der Waals surface area contributed by atoms with Crippen LogP contribution in [0.5, 0.6) is 0 Å². The molecule has 4 heteroatoms. The Labute approximate surface area is 106 Å². The van der Waals surface area contributed by atoms with Crippen LogP contribution in [0.25, 0.3) is 0 Å². The van der Waals surface area contributed by atoms with Crippen molar-refractivity contribution in [2.24, 2.45) is 0 Å². The molecule has 2 aliphatic rings. The minimum absolute atomic E-state index is 0.223. The van der Waals surface area contributed by atoms with Crippen molar-refractivity contribution in [3.8, 4) is 0 Å². The van der Waals surface area contributed by atoms with Gasteiger partial charge in [-0.05, 0) is 45.7 Å². The minimum Gasteiger partial charge on any atom is -0.395 e. The van der Waals surface area contributed by atoms with Gasteiger partial charge in [0.15, 0.2) is 0 Å². The number of ether oxygens (including phenoxy) is 1. The normalized spacial score (nSPS) is 32.3. The van der Waals surface area contributed by atoms with Gasteiger partial charge in [-0.2, -0.15) is 0 Å². The van der Waals surface area contributed by atoms with Gasteiger partial charge < -0.3 is 13.6 Å². The van der Waals surface area contributed by atoms with E-state index in [1.165, 1.54) is 25.7 Å². The summed E-state index contributed by atoms with van der Waals surface area (Å²) in [6.45, 7) is 7.83. The zero-order valence-electron chi connectivity index (χ0n) is 11.5. The maximum absolute atomic E-state index is 5.93. The molecule has 1 saturated carbocycles. The molecule has 2 fully saturated rings. The SMILES string of the molecule is CCO[Si](C)(CCC12CCCCC1O2)OCC. The summed E-state index contributed by atoms with van der Waals surface area (Å²) in [5.74, 6) is 0. The van der Waals surface area contributed by atoms with Gasteiger partial charge in [0, 0.05) is 13.2 Å². The van der Waals surface area contributed by atoms with Crippen molar-refractivity contribution < 1.29 is 13.6 Å². The Kier molecular flexibility index (Phi) is 4.29. The Morgan fingerprint density at radius 2 is 1.94 bits per heavy atom. The van der Waals surface area contributed by atoms with Crippen molar-refractivity contribution in [2.75, 3.05) is 13.2 Å². The highest BCUT2D eigenvalue weighted by atomic mass is 28.4. The predicted octanol–water partition coefficient (Wildman–Crippen LogP) is 3.23. The summed E-state index contributed by atoms with van der Waals surface area (Å²) in [6.07, 6.45) is 6.89. The lowest BCUT2D eigenvalue weighted by Crippen LogP contribution is -2.40. The number of epoxide rings is 1. The second kappa shape index (κ2) is 5.39. The molecule has 100 valence electrons. The molecule has 1 saturated heterocycles. The number of fused-ring (bicyclic) bond motifs is 1. The Morgan fingerprint density at radius 1 is 1.24 bits per heavy atom. The molecule has 0 amide bonds. The monoisotopic (exact) mass is 258 g/mol. The van der Waals surface area contributed by atoms with Gasteiger partial charge in [0.1, 0.15) is 0 Å². The lowest BCUT2D eigenvalue weighted by atomic mass is 9.87. The van der Waals surface area contributed by atoms with Crippen molar-refractivity contribution in [2.45, 2.75) is 70.2 Å². The van der Waals surface area contributed by atoms with Crippen LogP contribution in [0.1, 0.15) is 46.0 Å². The topological polar surface area (TPSA) is 31.0 Å². The van der Waals surface area contributed by atoms with Gasteiger partial charge in [0.25, 0.3) is 0 Å². The first-order valence-corrected chi connectivity index (χ1v) is 9.62. The van der Waals surface area contributed by atoms with Crippen molar-refractivity contribution in [1.82, 2.24) is 0 Å². The third-order valence-corrected chi connectivity index (χ3v) is 7.08. The Hall–Kier alpha value is 0.0969. The van der Waals surface area contributed by atoms with Crippen LogP contribution in [0.2, 0.25) is 12.6 Å². The van der Waals surface area contributed by atoms with Crippen LogP contribution in [0.4, 0.5) is 0 Å². The van der Waals surface area contributed by atoms with E-state index in [2.05, 4.69) is 20.4 Å². The van der Waals surface area contributed by atoms with Crippen molar-refractivity contribution >= 4 is 8.56 Å². The standard InChI is InChI=1S/C13H26O3Si/c1-4-14-17(3,15-5-2)11-10-13-9-7-6-8-12(13)16-13/h12H,4-11H2,1-3H3. The van der Waals surface area contributed by atoms with Crippen molar-refractivity contribution in [3.05, 3.63) is 0 Å². The lowest BCUT2D eigenvalue weighted by Gasteiger charge is -2.28. The molecule has 0 radical (unpaired) electrons. The molecule has 0 aromatic carbocycles. The largest absolute Gasteiger partial charge is 0.395 e. The maximum atomic E-state index is 5.93. The molecular formula is C13H26O3Si. The molecule has 1 heterocycles. The summed E-state index contributed by atoms with van der Waals surface area (Å²) in [6, 6.07) is 1.07. The first-order valence-electron chi connectivity index (χ1n) is 7.10. The molecule has 0 spiro atoms. The van der Waals surface area contributed by atoms with E-state index in [0.717, 1.165) is 25.7 Å². The van der Waals surface area contributed by atoms with E-state index in [4.69, 9.17) is 13.6 Å². The first kappa shape index (κ1) is 13.5. The summed E-state index contributed by atoms with van der Waals surface area (Å²) in [5, 5.41) is 0. The van der Waals surface area contributed by atoms with E-state index >= 15 is 0 Å². The Balaban J connectivity index is 1.83. The fourth-order valence-electron chi connectivity index (χ4n) is 3.13. The molecule has 0 bridgehead atoms. The van der Waals surface area contributed by atoms with E-state index < -0.39 is 8.56 Å². The second-order valence-electron chi connectivity index (χ2n) is 5.42. The van der Waals surface area contributed by atoms with E-state index in [-0.39, 0.29) is 5.60 Å². The summed E-state index contributed by atoms with van der Waals surface area (Å²) < 4.78 is 17.7. The fraction of sp³-hybridized carbons (Fsp3) is 1.00. The van der Waals surface area contributed by atoms with Gasteiger partial charge >= 0.3 is 8.56 Å². The van der Waals surface area contributed by atoms with Gasteiger partial charge in [-0.3, -0.25) is 0 Å². The van der Waals surface area contributed by atoms with Gasteiger partial charge in [0.05, 0.1) is 11.7 Å². The van der Waals surface area contributed by atoms with E-state index in [0.29, 0.717) is 6.10 Å². The lowest BCUT2D eigenvalue weighted by molar-refractivity contribution is 0.182. The Bertz CT molecular complexity index is 253. The Morgan fingerprint density at radius 3 is 2.53 bits per heavy atom. The molecule has 1 aliphatic heterocycles. The molecule has 0 N–H and O–H groups in total. The fourth-order valence-corrected chi connectivity index (χ4v) is 5.60. The van der Waals surface area contributed by atoms with E-state index in [1.54, 1.807) is 0 Å². The smallest absolute Gasteiger partial charge is 0.335 e. The molecule has 3 nitrogen and oxygen atoms in total. The average Bonchev–Trinajstić information content (AvgIpc) is 3.02. The molecule has 2 atom stereocenters. The number of hydrogen-bond acceptors (Lipinski definition) is 3. The third kappa shape index (κ3) is 3.11. The van der Waals surface area contributed by atoms with Crippen LogP contribution in [-0.4, -0.2) is 33.5 Å². The van der Waals surface area contributed by atoms with Crippen LogP contribution in [-0.2, 0) is 13.6 Å². The average molecular weight is 258 g/mol. The molecule has 0 aromatic heterocycles. The van der Waals surface area contributed by atoms with Crippen LogP contribution in [0.15, 0.2) is 0 Å². The highest BCUT2D eigenvalue weighted by molar-refractivity contribution is 6.66. The zero-order chi connectivity index (χ0) is 12.4. The first-order chi connectivity index (χ1) is 8.14. The number of rotatable bonds is 7. The van der Waals surface area contributed by atoms with Crippen LogP contribution < -0.4 is 0 Å². The van der Waals surface area contributed by atoms with Gasteiger partial charge in [-0.25, -0.2) is 0 Å². The van der Waals surface area contributed by atoms with Gasteiger partial charge in [-0.15, -0.1) is 0 Å². The molecular weight excluding hydrogens is 232 g/mol. The third-order valence-electron chi connectivity index (χ3n) is 4.12. The zero-order valence-corrected chi connectivity index (χ0v) is 12.5. The van der Waals surface area contributed by atoms with Gasteiger partial charge in [0.2, 0.25) is 0 Å². The molecule has 17 heavy (non-hydrogen) atoms. The molecule has 2 rings (SSSR count). The van der Waals surface area contributed by atoms with E-state index in [9.17, 15) is 0 Å². The number of hydrogen-bond donors (Lipinski definition) is 0. The molecule has 2 unspecified atom stereocenters. The highest BCUT2D eigenvalue weighted by Gasteiger charge is 2.57. The van der Waals surface area contributed by atoms with Gasteiger partial charge in [-0.1, -0.05) is 12.8 Å². The van der Waals surface area contributed by atoms with Crippen LogP contribution in [0.3, 0.4) is 0 Å². The van der Waals surface area contributed by atoms with Crippen molar-refractivity contribution in [3.63, 3.8) is 0 Å². The quantitative estimate of drug-likeness (QED) is 0.519. The summed E-state index contributed by atoms with van der Waals surface area (Å²) in [7, 11) is -1.93.